The number of carbonyl (C=O) groups excluding carboxylic acids is 1. The molecule has 1 aromatic rings. The minimum Gasteiger partial charge on any atom is -0.349 e. The van der Waals surface area contributed by atoms with Gasteiger partial charge in [0.25, 0.3) is 5.91 Å². The van der Waals surface area contributed by atoms with E-state index in [1.807, 2.05) is 31.2 Å². The molecule has 0 radical (unpaired) electrons. The topological polar surface area (TPSA) is 55.1 Å². The number of aryl methyl sites for hydroxylation is 1. The van der Waals surface area contributed by atoms with Gasteiger partial charge in [0.15, 0.2) is 0 Å². The van der Waals surface area contributed by atoms with Gasteiger partial charge in [-0.05, 0) is 56.6 Å². The first-order valence-electron chi connectivity index (χ1n) is 7.25. The normalized spacial score (nSPS) is 33.2. The minimum absolute atomic E-state index is 0.0641. The van der Waals surface area contributed by atoms with Crippen LogP contribution >= 0.6 is 0 Å². The molecule has 3 heteroatoms. The third kappa shape index (κ3) is 2.66. The lowest BCUT2D eigenvalue weighted by Gasteiger charge is -2.15. The van der Waals surface area contributed by atoms with Crippen LogP contribution in [0.5, 0.6) is 0 Å². The number of nitrogens with one attached hydrogen (secondary N) is 1. The van der Waals surface area contributed by atoms with Crippen molar-refractivity contribution in [1.82, 2.24) is 5.32 Å². The summed E-state index contributed by atoms with van der Waals surface area (Å²) in [7, 11) is 0. The van der Waals surface area contributed by atoms with Crippen LogP contribution in [0.1, 0.15) is 41.6 Å². The summed E-state index contributed by atoms with van der Waals surface area (Å²) in [5, 5.41) is 3.18. The number of hydrogen-bond acceptors (Lipinski definition) is 2. The highest BCUT2D eigenvalue weighted by molar-refractivity contribution is 5.94. The number of fused-ring (bicyclic) bond motifs is 1. The first-order valence-corrected chi connectivity index (χ1v) is 7.25. The Hall–Kier alpha value is -1.35. The summed E-state index contributed by atoms with van der Waals surface area (Å²) < 4.78 is 0. The van der Waals surface area contributed by atoms with Crippen LogP contribution in [0.4, 0.5) is 0 Å². The minimum atomic E-state index is 0.0641. The molecule has 2 unspecified atom stereocenters. The summed E-state index contributed by atoms with van der Waals surface area (Å²) in [5.41, 5.74) is 7.93. The highest BCUT2D eigenvalue weighted by Gasteiger charge is 2.40. The van der Waals surface area contributed by atoms with Crippen LogP contribution in [0.3, 0.4) is 0 Å². The molecule has 1 aromatic carbocycles. The number of nitrogens with two attached hydrogens (primary N) is 1. The standard InChI is InChI=1S/C16H22N2O/c1-10-2-4-11(5-3-10)16(19)18-15-8-12-6-14(17)7-13(12)9-15/h2-5,12-15H,6-9,17H2,1H3,(H,18,19). The average molecular weight is 258 g/mol. The van der Waals surface area contributed by atoms with Crippen LogP contribution in [0.15, 0.2) is 24.3 Å². The molecule has 3 rings (SSSR count). The van der Waals surface area contributed by atoms with Crippen molar-refractivity contribution in [3.63, 3.8) is 0 Å². The molecule has 2 fully saturated rings. The van der Waals surface area contributed by atoms with E-state index >= 15 is 0 Å². The van der Waals surface area contributed by atoms with E-state index in [0.717, 1.165) is 43.1 Å². The van der Waals surface area contributed by atoms with Gasteiger partial charge in [-0.25, -0.2) is 0 Å². The van der Waals surface area contributed by atoms with Gasteiger partial charge in [-0.3, -0.25) is 4.79 Å². The van der Waals surface area contributed by atoms with Crippen molar-refractivity contribution in [2.45, 2.75) is 44.7 Å². The van der Waals surface area contributed by atoms with E-state index in [0.29, 0.717) is 12.1 Å². The second-order valence-electron chi connectivity index (χ2n) is 6.26. The van der Waals surface area contributed by atoms with Crippen molar-refractivity contribution in [3.05, 3.63) is 35.4 Å². The largest absolute Gasteiger partial charge is 0.349 e. The maximum atomic E-state index is 12.2. The molecular weight excluding hydrogens is 236 g/mol. The molecule has 3 N–H and O–H groups in total. The lowest BCUT2D eigenvalue weighted by atomic mass is 10.0. The number of carbonyl (C=O) groups is 1. The van der Waals surface area contributed by atoms with Gasteiger partial charge in [-0.15, -0.1) is 0 Å². The predicted molar refractivity (Wildman–Crippen MR) is 75.9 cm³/mol. The van der Waals surface area contributed by atoms with Crippen molar-refractivity contribution in [1.29, 1.82) is 0 Å². The van der Waals surface area contributed by atoms with Gasteiger partial charge in [0, 0.05) is 17.6 Å². The number of hydrogen-bond donors (Lipinski definition) is 2. The molecule has 0 saturated heterocycles. The smallest absolute Gasteiger partial charge is 0.251 e. The second-order valence-corrected chi connectivity index (χ2v) is 6.26. The summed E-state index contributed by atoms with van der Waals surface area (Å²) in [4.78, 5) is 12.2. The zero-order valence-corrected chi connectivity index (χ0v) is 11.4. The van der Waals surface area contributed by atoms with Crippen molar-refractivity contribution in [2.24, 2.45) is 17.6 Å². The third-order valence-corrected chi connectivity index (χ3v) is 4.70. The fourth-order valence-electron chi connectivity index (χ4n) is 3.75. The van der Waals surface area contributed by atoms with Gasteiger partial charge < -0.3 is 11.1 Å². The summed E-state index contributed by atoms with van der Waals surface area (Å²) in [5.74, 6) is 1.53. The van der Waals surface area contributed by atoms with Crippen molar-refractivity contribution in [3.8, 4) is 0 Å². The summed E-state index contributed by atoms with van der Waals surface area (Å²) in [6, 6.07) is 8.50. The first-order chi connectivity index (χ1) is 9.11. The molecule has 102 valence electrons. The maximum absolute atomic E-state index is 12.2. The maximum Gasteiger partial charge on any atom is 0.251 e. The Morgan fingerprint density at radius 3 is 2.26 bits per heavy atom. The van der Waals surface area contributed by atoms with Gasteiger partial charge in [-0.2, -0.15) is 0 Å². The second kappa shape index (κ2) is 4.97. The predicted octanol–water partition coefficient (Wildman–Crippen LogP) is 2.24. The molecule has 0 spiro atoms. The molecule has 0 aliphatic heterocycles. The van der Waals surface area contributed by atoms with Gasteiger partial charge in [0.1, 0.15) is 0 Å². The van der Waals surface area contributed by atoms with E-state index in [-0.39, 0.29) is 5.91 Å². The lowest BCUT2D eigenvalue weighted by Crippen LogP contribution is -2.33. The molecule has 2 aliphatic rings. The van der Waals surface area contributed by atoms with Gasteiger partial charge >= 0.3 is 0 Å². The Balaban J connectivity index is 1.58. The van der Waals surface area contributed by atoms with E-state index in [9.17, 15) is 4.79 Å². The van der Waals surface area contributed by atoms with Gasteiger partial charge in [-0.1, -0.05) is 17.7 Å². The Labute approximate surface area is 114 Å². The SMILES string of the molecule is Cc1ccc(C(=O)NC2CC3CC(N)CC3C2)cc1. The molecule has 2 aliphatic carbocycles. The van der Waals surface area contributed by atoms with Crippen LogP contribution < -0.4 is 11.1 Å². The first kappa shape index (κ1) is 12.7. The molecule has 0 aromatic heterocycles. The highest BCUT2D eigenvalue weighted by atomic mass is 16.1. The number of amides is 1. The molecular formula is C16H22N2O. The van der Waals surface area contributed by atoms with Crippen molar-refractivity contribution >= 4 is 5.91 Å². The van der Waals surface area contributed by atoms with E-state index in [2.05, 4.69) is 5.32 Å². The van der Waals surface area contributed by atoms with E-state index in [1.165, 1.54) is 5.56 Å². The van der Waals surface area contributed by atoms with Crippen LogP contribution in [-0.4, -0.2) is 18.0 Å². The fraction of sp³-hybridized carbons (Fsp3) is 0.562. The molecule has 0 heterocycles. The molecule has 2 saturated carbocycles. The van der Waals surface area contributed by atoms with Gasteiger partial charge in [0.2, 0.25) is 0 Å². The van der Waals surface area contributed by atoms with Gasteiger partial charge in [0.05, 0.1) is 0 Å². The Morgan fingerprint density at radius 1 is 1.11 bits per heavy atom. The van der Waals surface area contributed by atoms with E-state index < -0.39 is 0 Å². The van der Waals surface area contributed by atoms with Crippen molar-refractivity contribution in [2.75, 3.05) is 0 Å². The van der Waals surface area contributed by atoms with Crippen LogP contribution in [0, 0.1) is 18.8 Å². The lowest BCUT2D eigenvalue weighted by molar-refractivity contribution is 0.0936. The summed E-state index contributed by atoms with van der Waals surface area (Å²) >= 11 is 0. The summed E-state index contributed by atoms with van der Waals surface area (Å²) in [6.45, 7) is 2.03. The average Bonchev–Trinajstić information content (AvgIpc) is 2.86. The van der Waals surface area contributed by atoms with Crippen LogP contribution in [0.2, 0.25) is 0 Å². The molecule has 1 amide bonds. The van der Waals surface area contributed by atoms with Crippen LogP contribution in [0.25, 0.3) is 0 Å². The number of rotatable bonds is 2. The Morgan fingerprint density at radius 2 is 1.68 bits per heavy atom. The molecule has 19 heavy (non-hydrogen) atoms. The third-order valence-electron chi connectivity index (χ3n) is 4.70. The Kier molecular flexibility index (Phi) is 3.31. The van der Waals surface area contributed by atoms with Crippen LogP contribution in [-0.2, 0) is 0 Å². The monoisotopic (exact) mass is 258 g/mol. The zero-order valence-electron chi connectivity index (χ0n) is 11.4. The summed E-state index contributed by atoms with van der Waals surface area (Å²) in [6.07, 6.45) is 4.50. The fourth-order valence-corrected chi connectivity index (χ4v) is 3.75. The van der Waals surface area contributed by atoms with Crippen molar-refractivity contribution < 1.29 is 4.79 Å². The van der Waals surface area contributed by atoms with E-state index in [4.69, 9.17) is 5.73 Å². The quantitative estimate of drug-likeness (QED) is 0.854. The molecule has 3 nitrogen and oxygen atoms in total. The van der Waals surface area contributed by atoms with E-state index in [1.54, 1.807) is 0 Å². The molecule has 0 bridgehead atoms. The number of benzene rings is 1. The zero-order chi connectivity index (χ0) is 13.4. The molecule has 2 atom stereocenters. The Bertz CT molecular complexity index is 454. The highest BCUT2D eigenvalue weighted by Crippen LogP contribution is 2.43.